The molecule has 0 bridgehead atoms. The van der Waals surface area contributed by atoms with Gasteiger partial charge in [0.15, 0.2) is 0 Å². The summed E-state index contributed by atoms with van der Waals surface area (Å²) in [6.07, 6.45) is 5.39. The predicted molar refractivity (Wildman–Crippen MR) is 79.5 cm³/mol. The summed E-state index contributed by atoms with van der Waals surface area (Å²) in [4.78, 5) is 2.48. The first-order chi connectivity index (χ1) is 9.17. The van der Waals surface area contributed by atoms with E-state index in [2.05, 4.69) is 24.8 Å². The summed E-state index contributed by atoms with van der Waals surface area (Å²) in [5, 5.41) is 7.71. The molecule has 1 aromatic carbocycles. The van der Waals surface area contributed by atoms with Crippen molar-refractivity contribution in [2.45, 2.75) is 39.7 Å². The van der Waals surface area contributed by atoms with Gasteiger partial charge in [0.1, 0.15) is 5.75 Å². The molecule has 0 aliphatic carbocycles. The zero-order valence-electron chi connectivity index (χ0n) is 12.3. The van der Waals surface area contributed by atoms with Crippen LogP contribution in [-0.4, -0.2) is 31.3 Å². The lowest BCUT2D eigenvalue weighted by Crippen LogP contribution is -2.29. The van der Waals surface area contributed by atoms with Gasteiger partial charge >= 0.3 is 0 Å². The van der Waals surface area contributed by atoms with E-state index in [4.69, 9.17) is 10.1 Å². The molecule has 1 aliphatic heterocycles. The fourth-order valence-electron chi connectivity index (χ4n) is 2.85. The van der Waals surface area contributed by atoms with Crippen LogP contribution < -0.4 is 4.74 Å². The minimum Gasteiger partial charge on any atom is -0.496 e. The van der Waals surface area contributed by atoms with Crippen LogP contribution in [-0.2, 0) is 6.54 Å². The van der Waals surface area contributed by atoms with E-state index in [9.17, 15) is 0 Å². The lowest BCUT2D eigenvalue weighted by Gasteiger charge is -2.28. The Balaban J connectivity index is 2.35. The van der Waals surface area contributed by atoms with E-state index >= 15 is 0 Å². The molecule has 1 saturated heterocycles. The van der Waals surface area contributed by atoms with Crippen molar-refractivity contribution >= 4 is 6.21 Å². The summed E-state index contributed by atoms with van der Waals surface area (Å²) in [5.41, 5.74) is 4.59. The highest BCUT2D eigenvalue weighted by Gasteiger charge is 2.17. The molecular formula is C16H24N2O. The second kappa shape index (κ2) is 6.20. The van der Waals surface area contributed by atoms with Gasteiger partial charge in [-0.15, -0.1) is 0 Å². The maximum Gasteiger partial charge on any atom is 0.124 e. The topological polar surface area (TPSA) is 36.3 Å². The van der Waals surface area contributed by atoms with E-state index in [1.807, 2.05) is 0 Å². The molecule has 3 nitrogen and oxygen atoms in total. The van der Waals surface area contributed by atoms with Crippen LogP contribution in [0.4, 0.5) is 0 Å². The van der Waals surface area contributed by atoms with Gasteiger partial charge in [0, 0.05) is 23.9 Å². The van der Waals surface area contributed by atoms with E-state index in [1.54, 1.807) is 7.11 Å². The van der Waals surface area contributed by atoms with Crippen LogP contribution in [0.25, 0.3) is 0 Å². The van der Waals surface area contributed by atoms with E-state index in [0.717, 1.165) is 30.9 Å². The average molecular weight is 260 g/mol. The highest BCUT2D eigenvalue weighted by atomic mass is 16.5. The van der Waals surface area contributed by atoms with Gasteiger partial charge in [0.25, 0.3) is 0 Å². The molecular weight excluding hydrogens is 236 g/mol. The van der Waals surface area contributed by atoms with Crippen LogP contribution in [0, 0.1) is 19.3 Å². The van der Waals surface area contributed by atoms with E-state index < -0.39 is 0 Å². The number of ether oxygens (including phenoxy) is 1. The Hall–Kier alpha value is -1.35. The zero-order valence-corrected chi connectivity index (χ0v) is 12.3. The SMILES string of the molecule is COc1cc(C)c(C)c(C=N)c1CN1CCCCC1. The Labute approximate surface area is 116 Å². The second-order valence-electron chi connectivity index (χ2n) is 5.39. The van der Waals surface area contributed by atoms with Crippen LogP contribution in [0.15, 0.2) is 6.07 Å². The van der Waals surface area contributed by atoms with E-state index in [0.29, 0.717) is 0 Å². The molecule has 0 atom stereocenters. The van der Waals surface area contributed by atoms with Crippen molar-refractivity contribution in [2.24, 2.45) is 0 Å². The molecule has 0 amide bonds. The maximum absolute atomic E-state index is 7.71. The maximum atomic E-state index is 7.71. The Morgan fingerprint density at radius 1 is 1.26 bits per heavy atom. The fourth-order valence-corrected chi connectivity index (χ4v) is 2.85. The molecule has 0 saturated carbocycles. The minimum atomic E-state index is 0.898. The summed E-state index contributed by atoms with van der Waals surface area (Å²) in [6, 6.07) is 2.10. The molecule has 0 radical (unpaired) electrons. The summed E-state index contributed by atoms with van der Waals surface area (Å²) < 4.78 is 5.54. The molecule has 0 aromatic heterocycles. The van der Waals surface area contributed by atoms with Crippen molar-refractivity contribution in [2.75, 3.05) is 20.2 Å². The van der Waals surface area contributed by atoms with Gasteiger partial charge in [-0.2, -0.15) is 0 Å². The molecule has 0 unspecified atom stereocenters. The number of hydrogen-bond donors (Lipinski definition) is 1. The van der Waals surface area contributed by atoms with E-state index in [-0.39, 0.29) is 0 Å². The third kappa shape index (κ3) is 2.98. The number of likely N-dealkylation sites (tertiary alicyclic amines) is 1. The lowest BCUT2D eigenvalue weighted by molar-refractivity contribution is 0.218. The summed E-state index contributed by atoms with van der Waals surface area (Å²) in [5.74, 6) is 0.923. The Bertz CT molecular complexity index is 462. The standard InChI is InChI=1S/C16H24N2O/c1-12-9-16(19-3)15(14(10-17)13(12)2)11-18-7-5-4-6-8-18/h9-10,17H,4-8,11H2,1-3H3. The summed E-state index contributed by atoms with van der Waals surface area (Å²) in [7, 11) is 1.72. The van der Waals surface area contributed by atoms with Gasteiger partial charge < -0.3 is 10.1 Å². The van der Waals surface area contributed by atoms with Crippen molar-refractivity contribution in [3.05, 3.63) is 28.3 Å². The molecule has 1 N–H and O–H groups in total. The monoisotopic (exact) mass is 260 g/mol. The number of rotatable bonds is 4. The minimum absolute atomic E-state index is 0.898. The van der Waals surface area contributed by atoms with Crippen molar-refractivity contribution < 1.29 is 4.74 Å². The molecule has 1 aliphatic rings. The first-order valence-electron chi connectivity index (χ1n) is 7.07. The van der Waals surface area contributed by atoms with Gasteiger partial charge in [-0.25, -0.2) is 0 Å². The van der Waals surface area contributed by atoms with Crippen molar-refractivity contribution in [3.8, 4) is 5.75 Å². The zero-order chi connectivity index (χ0) is 13.8. The van der Waals surface area contributed by atoms with Crippen LogP contribution in [0.2, 0.25) is 0 Å². The molecule has 2 rings (SSSR count). The van der Waals surface area contributed by atoms with Crippen LogP contribution in [0.1, 0.15) is 41.5 Å². The van der Waals surface area contributed by atoms with Gasteiger partial charge in [-0.3, -0.25) is 4.90 Å². The smallest absolute Gasteiger partial charge is 0.124 e. The van der Waals surface area contributed by atoms with Gasteiger partial charge in [-0.1, -0.05) is 6.42 Å². The second-order valence-corrected chi connectivity index (χ2v) is 5.39. The highest BCUT2D eigenvalue weighted by molar-refractivity contribution is 5.83. The fraction of sp³-hybridized carbons (Fsp3) is 0.562. The summed E-state index contributed by atoms with van der Waals surface area (Å²) in [6.45, 7) is 7.39. The molecule has 19 heavy (non-hydrogen) atoms. The number of nitrogens with one attached hydrogen (secondary N) is 1. The first-order valence-corrected chi connectivity index (χ1v) is 7.07. The number of aryl methyl sites for hydroxylation is 1. The normalized spacial score (nSPS) is 16.4. The molecule has 0 spiro atoms. The van der Waals surface area contributed by atoms with Crippen LogP contribution in [0.5, 0.6) is 5.75 Å². The molecule has 104 valence electrons. The average Bonchev–Trinajstić information content (AvgIpc) is 2.44. The molecule has 1 aromatic rings. The molecule has 1 heterocycles. The number of methoxy groups -OCH3 is 1. The van der Waals surface area contributed by atoms with Crippen molar-refractivity contribution in [3.63, 3.8) is 0 Å². The summed E-state index contributed by atoms with van der Waals surface area (Å²) >= 11 is 0. The third-order valence-corrected chi connectivity index (χ3v) is 4.16. The lowest BCUT2D eigenvalue weighted by atomic mass is 9.96. The van der Waals surface area contributed by atoms with Gasteiger partial charge in [-0.05, 0) is 57.0 Å². The largest absolute Gasteiger partial charge is 0.496 e. The Kier molecular flexibility index (Phi) is 4.59. The highest BCUT2D eigenvalue weighted by Crippen LogP contribution is 2.29. The van der Waals surface area contributed by atoms with Gasteiger partial charge in [0.05, 0.1) is 7.11 Å². The van der Waals surface area contributed by atoms with Crippen LogP contribution in [0.3, 0.4) is 0 Å². The Morgan fingerprint density at radius 2 is 1.95 bits per heavy atom. The van der Waals surface area contributed by atoms with Crippen molar-refractivity contribution in [1.29, 1.82) is 5.41 Å². The van der Waals surface area contributed by atoms with E-state index in [1.165, 1.54) is 42.2 Å². The number of hydrogen-bond acceptors (Lipinski definition) is 3. The Morgan fingerprint density at radius 3 is 2.53 bits per heavy atom. The van der Waals surface area contributed by atoms with Crippen LogP contribution >= 0.6 is 0 Å². The molecule has 1 fully saturated rings. The number of benzene rings is 1. The quantitative estimate of drug-likeness (QED) is 0.843. The third-order valence-electron chi connectivity index (χ3n) is 4.16. The number of nitrogens with zero attached hydrogens (tertiary/aromatic N) is 1. The number of piperidine rings is 1. The molecule has 3 heteroatoms. The van der Waals surface area contributed by atoms with Gasteiger partial charge in [0.2, 0.25) is 0 Å². The predicted octanol–water partition coefficient (Wildman–Crippen LogP) is 3.30. The first kappa shape index (κ1) is 14.1. The van der Waals surface area contributed by atoms with Crippen molar-refractivity contribution in [1.82, 2.24) is 4.90 Å².